The summed E-state index contributed by atoms with van der Waals surface area (Å²) in [7, 11) is 1.93. The summed E-state index contributed by atoms with van der Waals surface area (Å²) in [6.45, 7) is 0. The van der Waals surface area contributed by atoms with Crippen molar-refractivity contribution in [1.82, 2.24) is 15.0 Å². The summed E-state index contributed by atoms with van der Waals surface area (Å²) in [6, 6.07) is 0.291. The zero-order chi connectivity index (χ0) is 7.84. The quantitative estimate of drug-likeness (QED) is 0.552. The number of hydrogen-bond acceptors (Lipinski definition) is 3. The van der Waals surface area contributed by atoms with E-state index in [4.69, 9.17) is 5.73 Å². The number of fused-ring (bicyclic) bond motifs is 1. The maximum atomic E-state index is 5.78. The molecule has 4 nitrogen and oxygen atoms in total. The molecule has 0 unspecified atom stereocenters. The molecule has 0 radical (unpaired) electrons. The van der Waals surface area contributed by atoms with Crippen LogP contribution in [0.25, 0.3) is 0 Å². The van der Waals surface area contributed by atoms with Crippen molar-refractivity contribution in [1.29, 1.82) is 0 Å². The maximum absolute atomic E-state index is 5.78. The van der Waals surface area contributed by atoms with E-state index in [9.17, 15) is 0 Å². The lowest BCUT2D eigenvalue weighted by molar-refractivity contribution is 0.551. The molecule has 0 amide bonds. The molecule has 1 aromatic rings. The fourth-order valence-electron chi connectivity index (χ4n) is 1.56. The highest BCUT2D eigenvalue weighted by Gasteiger charge is 2.19. The fourth-order valence-corrected chi connectivity index (χ4v) is 1.56. The van der Waals surface area contributed by atoms with Crippen LogP contribution in [0, 0.1) is 0 Å². The van der Waals surface area contributed by atoms with Crippen molar-refractivity contribution in [2.24, 2.45) is 12.8 Å². The van der Waals surface area contributed by atoms with Crippen LogP contribution in [0.15, 0.2) is 0 Å². The standard InChI is InChI=1S/C7H12N4/c1-11-7-3-2-5(8)4-6(7)9-10-11/h5H,2-4,8H2,1H3/t5-/m0/s1. The van der Waals surface area contributed by atoms with Crippen molar-refractivity contribution in [3.8, 4) is 0 Å². The summed E-state index contributed by atoms with van der Waals surface area (Å²) < 4.78 is 1.85. The van der Waals surface area contributed by atoms with Gasteiger partial charge in [-0.3, -0.25) is 4.68 Å². The van der Waals surface area contributed by atoms with Gasteiger partial charge in [0.05, 0.1) is 11.4 Å². The second kappa shape index (κ2) is 2.30. The van der Waals surface area contributed by atoms with Gasteiger partial charge in [0.25, 0.3) is 0 Å². The van der Waals surface area contributed by atoms with Gasteiger partial charge in [0, 0.05) is 19.5 Å². The Balaban J connectivity index is 2.36. The van der Waals surface area contributed by atoms with Gasteiger partial charge in [-0.25, -0.2) is 0 Å². The molecule has 11 heavy (non-hydrogen) atoms. The second-order valence-electron chi connectivity index (χ2n) is 3.11. The van der Waals surface area contributed by atoms with Gasteiger partial charge in [0.15, 0.2) is 0 Å². The van der Waals surface area contributed by atoms with Crippen LogP contribution in [0.5, 0.6) is 0 Å². The van der Waals surface area contributed by atoms with Gasteiger partial charge in [-0.15, -0.1) is 5.10 Å². The predicted octanol–water partition coefficient (Wildman–Crippen LogP) is -0.369. The summed E-state index contributed by atoms with van der Waals surface area (Å²) in [4.78, 5) is 0. The summed E-state index contributed by atoms with van der Waals surface area (Å²) >= 11 is 0. The first kappa shape index (κ1) is 6.79. The number of aromatic nitrogens is 3. The third kappa shape index (κ3) is 1.03. The summed E-state index contributed by atoms with van der Waals surface area (Å²) in [5.41, 5.74) is 8.13. The molecule has 1 aliphatic rings. The molecule has 0 spiro atoms. The van der Waals surface area contributed by atoms with Crippen LogP contribution < -0.4 is 5.73 Å². The number of nitrogens with zero attached hydrogens (tertiary/aromatic N) is 3. The van der Waals surface area contributed by atoms with Crippen LogP contribution in [0.3, 0.4) is 0 Å². The number of rotatable bonds is 0. The number of hydrogen-bond donors (Lipinski definition) is 1. The molecular formula is C7H12N4. The van der Waals surface area contributed by atoms with Crippen LogP contribution in [0.4, 0.5) is 0 Å². The minimum absolute atomic E-state index is 0.291. The van der Waals surface area contributed by atoms with Crippen LogP contribution in [0.1, 0.15) is 17.8 Å². The van der Waals surface area contributed by atoms with Crippen molar-refractivity contribution in [3.05, 3.63) is 11.4 Å². The Kier molecular flexibility index (Phi) is 1.42. The molecular weight excluding hydrogens is 140 g/mol. The Morgan fingerprint density at radius 2 is 2.45 bits per heavy atom. The first-order valence-electron chi connectivity index (χ1n) is 3.90. The van der Waals surface area contributed by atoms with Crippen molar-refractivity contribution >= 4 is 0 Å². The van der Waals surface area contributed by atoms with E-state index in [1.165, 1.54) is 5.69 Å². The Labute approximate surface area is 65.4 Å². The monoisotopic (exact) mass is 152 g/mol. The highest BCUT2D eigenvalue weighted by atomic mass is 15.4. The lowest BCUT2D eigenvalue weighted by atomic mass is 9.97. The van der Waals surface area contributed by atoms with E-state index in [1.54, 1.807) is 0 Å². The Hall–Kier alpha value is -0.900. The minimum Gasteiger partial charge on any atom is -0.327 e. The first-order chi connectivity index (χ1) is 5.27. The van der Waals surface area contributed by atoms with E-state index in [1.807, 2.05) is 11.7 Å². The molecule has 0 aromatic carbocycles. The van der Waals surface area contributed by atoms with Gasteiger partial charge < -0.3 is 5.73 Å². The molecule has 2 N–H and O–H groups in total. The van der Waals surface area contributed by atoms with Crippen molar-refractivity contribution < 1.29 is 0 Å². The number of aryl methyl sites for hydroxylation is 1. The zero-order valence-electron chi connectivity index (χ0n) is 6.62. The molecule has 0 aliphatic heterocycles. The second-order valence-corrected chi connectivity index (χ2v) is 3.11. The SMILES string of the molecule is Cn1nnc2c1CC[C@H](N)C2. The van der Waals surface area contributed by atoms with Crippen LogP contribution >= 0.6 is 0 Å². The molecule has 2 rings (SSSR count). The Bertz CT molecular complexity index is 265. The predicted molar refractivity (Wildman–Crippen MR) is 41.0 cm³/mol. The van der Waals surface area contributed by atoms with E-state index in [0.29, 0.717) is 6.04 Å². The highest BCUT2D eigenvalue weighted by molar-refractivity contribution is 5.15. The van der Waals surface area contributed by atoms with E-state index < -0.39 is 0 Å². The molecule has 60 valence electrons. The lowest BCUT2D eigenvalue weighted by Crippen LogP contribution is -2.28. The summed E-state index contributed by atoms with van der Waals surface area (Å²) in [6.07, 6.45) is 2.98. The largest absolute Gasteiger partial charge is 0.327 e. The molecule has 0 bridgehead atoms. The third-order valence-corrected chi connectivity index (χ3v) is 2.23. The molecule has 1 heterocycles. The van der Waals surface area contributed by atoms with Gasteiger partial charge in [-0.05, 0) is 12.8 Å². The molecule has 1 aromatic heterocycles. The Morgan fingerprint density at radius 3 is 3.27 bits per heavy atom. The average Bonchev–Trinajstić information content (AvgIpc) is 2.32. The fraction of sp³-hybridized carbons (Fsp3) is 0.714. The first-order valence-corrected chi connectivity index (χ1v) is 3.90. The topological polar surface area (TPSA) is 56.7 Å². The van der Waals surface area contributed by atoms with Crippen LogP contribution in [-0.4, -0.2) is 21.0 Å². The molecule has 0 saturated heterocycles. The lowest BCUT2D eigenvalue weighted by Gasteiger charge is -2.16. The molecule has 0 saturated carbocycles. The zero-order valence-corrected chi connectivity index (χ0v) is 6.62. The normalized spacial score (nSPS) is 23.3. The van der Waals surface area contributed by atoms with E-state index >= 15 is 0 Å². The third-order valence-electron chi connectivity index (χ3n) is 2.23. The summed E-state index contributed by atoms with van der Waals surface area (Å²) in [5.74, 6) is 0. The molecule has 1 atom stereocenters. The smallest absolute Gasteiger partial charge is 0.0874 e. The highest BCUT2D eigenvalue weighted by Crippen LogP contribution is 2.16. The van der Waals surface area contributed by atoms with Crippen molar-refractivity contribution in [2.45, 2.75) is 25.3 Å². The summed E-state index contributed by atoms with van der Waals surface area (Å²) in [5, 5.41) is 7.98. The molecule has 1 aliphatic carbocycles. The van der Waals surface area contributed by atoms with Crippen LogP contribution in [0.2, 0.25) is 0 Å². The van der Waals surface area contributed by atoms with Gasteiger partial charge in [0.2, 0.25) is 0 Å². The average molecular weight is 152 g/mol. The number of nitrogens with two attached hydrogens (primary N) is 1. The van der Waals surface area contributed by atoms with Crippen LogP contribution in [-0.2, 0) is 19.9 Å². The van der Waals surface area contributed by atoms with Gasteiger partial charge in [-0.1, -0.05) is 5.21 Å². The van der Waals surface area contributed by atoms with E-state index in [-0.39, 0.29) is 0 Å². The van der Waals surface area contributed by atoms with E-state index in [0.717, 1.165) is 25.0 Å². The Morgan fingerprint density at radius 1 is 1.64 bits per heavy atom. The maximum Gasteiger partial charge on any atom is 0.0874 e. The molecule has 4 heteroatoms. The van der Waals surface area contributed by atoms with Gasteiger partial charge >= 0.3 is 0 Å². The molecule has 0 fully saturated rings. The van der Waals surface area contributed by atoms with Crippen molar-refractivity contribution in [3.63, 3.8) is 0 Å². The minimum atomic E-state index is 0.291. The van der Waals surface area contributed by atoms with Crippen molar-refractivity contribution in [2.75, 3.05) is 0 Å². The van der Waals surface area contributed by atoms with E-state index in [2.05, 4.69) is 10.3 Å². The van der Waals surface area contributed by atoms with Gasteiger partial charge in [0.1, 0.15) is 0 Å². The van der Waals surface area contributed by atoms with Gasteiger partial charge in [-0.2, -0.15) is 0 Å².